The Hall–Kier alpha value is -3.82. The summed E-state index contributed by atoms with van der Waals surface area (Å²) in [5.41, 5.74) is -1.39. The number of halogens is 6. The lowest BCUT2D eigenvalue weighted by atomic mass is 10.1. The molecule has 1 saturated heterocycles. The largest absolute Gasteiger partial charge is 0.434 e. The Labute approximate surface area is 199 Å². The number of carbonyl (C=O) groups is 1. The molecule has 1 amide bonds. The molecule has 0 aliphatic carbocycles. The lowest BCUT2D eigenvalue weighted by Gasteiger charge is -2.43. The first-order valence-electron chi connectivity index (χ1n) is 10.3. The second kappa shape index (κ2) is 9.33. The lowest BCUT2D eigenvalue weighted by Crippen LogP contribution is -2.61. The highest BCUT2D eigenvalue weighted by molar-refractivity contribution is 5.98. The molecule has 192 valence electrons. The van der Waals surface area contributed by atoms with Gasteiger partial charge in [0, 0.05) is 13.6 Å². The molecular formula is C20H18F6N8O2. The van der Waals surface area contributed by atoms with Crippen LogP contribution in [0.1, 0.15) is 23.1 Å². The van der Waals surface area contributed by atoms with Gasteiger partial charge in [0.15, 0.2) is 23.0 Å². The summed E-state index contributed by atoms with van der Waals surface area (Å²) >= 11 is 0. The Balaban J connectivity index is 1.60. The van der Waals surface area contributed by atoms with Crippen LogP contribution in [0.15, 0.2) is 31.1 Å². The molecule has 4 rings (SSSR count). The van der Waals surface area contributed by atoms with Crippen LogP contribution in [0.5, 0.6) is 0 Å². The monoisotopic (exact) mass is 516 g/mol. The molecule has 0 unspecified atom stereocenters. The molecule has 36 heavy (non-hydrogen) atoms. The third-order valence-electron chi connectivity index (χ3n) is 5.32. The summed E-state index contributed by atoms with van der Waals surface area (Å²) in [5.74, 6) is -1.74. The molecule has 0 bridgehead atoms. The van der Waals surface area contributed by atoms with Crippen LogP contribution in [0.25, 0.3) is 11.5 Å². The van der Waals surface area contributed by atoms with Crippen molar-refractivity contribution in [3.8, 4) is 11.5 Å². The van der Waals surface area contributed by atoms with E-state index in [9.17, 15) is 31.1 Å². The van der Waals surface area contributed by atoms with E-state index in [-0.39, 0.29) is 29.6 Å². The van der Waals surface area contributed by atoms with E-state index in [0.29, 0.717) is 6.20 Å². The van der Waals surface area contributed by atoms with E-state index in [4.69, 9.17) is 4.74 Å². The van der Waals surface area contributed by atoms with Gasteiger partial charge < -0.3 is 19.5 Å². The molecule has 3 aromatic rings. The van der Waals surface area contributed by atoms with Crippen molar-refractivity contribution >= 4 is 11.7 Å². The number of anilines is 1. The van der Waals surface area contributed by atoms with Crippen molar-refractivity contribution in [2.24, 2.45) is 7.05 Å². The molecule has 0 aromatic carbocycles. The molecule has 0 spiro atoms. The SMILES string of the molecule is C[C@@H]1OC(F)(F)CN(C(=O)c2ncn(C)c2-c2ncc(F)cn2)[C@@H]1CNc1cnc(C(F)(F)F)cn1. The predicted molar refractivity (Wildman–Crippen MR) is 110 cm³/mol. The smallest absolute Gasteiger partial charge is 0.367 e. The van der Waals surface area contributed by atoms with Gasteiger partial charge in [-0.15, -0.1) is 0 Å². The first-order chi connectivity index (χ1) is 16.9. The molecule has 16 heteroatoms. The van der Waals surface area contributed by atoms with Gasteiger partial charge in [0.1, 0.15) is 18.1 Å². The van der Waals surface area contributed by atoms with Crippen LogP contribution in [0.3, 0.4) is 0 Å². The fourth-order valence-corrected chi connectivity index (χ4v) is 3.65. The van der Waals surface area contributed by atoms with E-state index in [2.05, 4.69) is 30.2 Å². The molecular weight excluding hydrogens is 498 g/mol. The molecule has 4 heterocycles. The molecule has 0 radical (unpaired) electrons. The zero-order valence-electron chi connectivity index (χ0n) is 18.7. The molecule has 1 aliphatic rings. The average Bonchev–Trinajstić information content (AvgIpc) is 3.18. The Bertz CT molecular complexity index is 1230. The number of imidazole rings is 1. The van der Waals surface area contributed by atoms with Crippen molar-refractivity contribution in [1.29, 1.82) is 0 Å². The molecule has 3 aromatic heterocycles. The quantitative estimate of drug-likeness (QED) is 0.516. The molecule has 1 aliphatic heterocycles. The van der Waals surface area contributed by atoms with Gasteiger partial charge in [0.25, 0.3) is 5.91 Å². The van der Waals surface area contributed by atoms with Gasteiger partial charge in [-0.2, -0.15) is 22.0 Å². The number of carbonyl (C=O) groups excluding carboxylic acids is 1. The topological polar surface area (TPSA) is 111 Å². The molecule has 2 atom stereocenters. The maximum absolute atomic E-state index is 14.3. The van der Waals surface area contributed by atoms with Gasteiger partial charge in [0.05, 0.1) is 43.3 Å². The second-order valence-electron chi connectivity index (χ2n) is 7.90. The summed E-state index contributed by atoms with van der Waals surface area (Å²) < 4.78 is 86.1. The second-order valence-corrected chi connectivity index (χ2v) is 7.90. The summed E-state index contributed by atoms with van der Waals surface area (Å²) in [7, 11) is 1.52. The minimum atomic E-state index is -4.68. The van der Waals surface area contributed by atoms with E-state index in [1.54, 1.807) is 0 Å². The van der Waals surface area contributed by atoms with Crippen LogP contribution in [0, 0.1) is 5.82 Å². The minimum absolute atomic E-state index is 0.0532. The first kappa shape index (κ1) is 25.3. The Morgan fingerprint density at radius 2 is 1.83 bits per heavy atom. The van der Waals surface area contributed by atoms with E-state index >= 15 is 0 Å². The van der Waals surface area contributed by atoms with Crippen LogP contribution >= 0.6 is 0 Å². The zero-order chi connectivity index (χ0) is 26.3. The maximum Gasteiger partial charge on any atom is 0.434 e. The summed E-state index contributed by atoms with van der Waals surface area (Å²) in [6.45, 7) is -0.0136. The fraction of sp³-hybridized carbons (Fsp3) is 0.400. The average molecular weight is 516 g/mol. The Kier molecular flexibility index (Phi) is 6.55. The fourth-order valence-electron chi connectivity index (χ4n) is 3.65. The van der Waals surface area contributed by atoms with E-state index in [1.165, 1.54) is 24.9 Å². The third-order valence-corrected chi connectivity index (χ3v) is 5.32. The van der Waals surface area contributed by atoms with Crippen molar-refractivity contribution < 1.29 is 35.9 Å². The lowest BCUT2D eigenvalue weighted by molar-refractivity contribution is -0.298. The zero-order valence-corrected chi connectivity index (χ0v) is 18.7. The Morgan fingerprint density at radius 1 is 1.14 bits per heavy atom. The molecule has 0 saturated carbocycles. The van der Waals surface area contributed by atoms with Crippen LogP contribution in [0.4, 0.5) is 32.2 Å². The number of hydrogen-bond donors (Lipinski definition) is 1. The van der Waals surface area contributed by atoms with Gasteiger partial charge in [-0.1, -0.05) is 0 Å². The molecule has 1 fully saturated rings. The number of nitrogens with zero attached hydrogens (tertiary/aromatic N) is 7. The summed E-state index contributed by atoms with van der Waals surface area (Å²) in [5, 5.41) is 2.69. The van der Waals surface area contributed by atoms with Crippen LogP contribution in [-0.4, -0.2) is 71.6 Å². The highest BCUT2D eigenvalue weighted by Crippen LogP contribution is 2.32. The van der Waals surface area contributed by atoms with Crippen molar-refractivity contribution in [3.63, 3.8) is 0 Å². The number of aromatic nitrogens is 6. The molecule has 1 N–H and O–H groups in total. The van der Waals surface area contributed by atoms with E-state index in [1.807, 2.05) is 0 Å². The van der Waals surface area contributed by atoms with E-state index < -0.39 is 48.4 Å². The van der Waals surface area contributed by atoms with E-state index in [0.717, 1.165) is 23.5 Å². The van der Waals surface area contributed by atoms with Crippen molar-refractivity contribution in [3.05, 3.63) is 48.3 Å². The normalized spacial score (nSPS) is 19.8. The van der Waals surface area contributed by atoms with Gasteiger partial charge >= 0.3 is 12.3 Å². The van der Waals surface area contributed by atoms with Gasteiger partial charge in [-0.3, -0.25) is 4.79 Å². The number of hydrogen-bond acceptors (Lipinski definition) is 8. The number of aryl methyl sites for hydroxylation is 1. The number of morpholine rings is 1. The summed E-state index contributed by atoms with van der Waals surface area (Å²) in [4.78, 5) is 32.9. The first-order valence-corrected chi connectivity index (χ1v) is 10.3. The van der Waals surface area contributed by atoms with Crippen molar-refractivity contribution in [2.45, 2.75) is 31.4 Å². The van der Waals surface area contributed by atoms with Crippen LogP contribution < -0.4 is 5.32 Å². The van der Waals surface area contributed by atoms with Crippen LogP contribution in [0.2, 0.25) is 0 Å². The standard InChI is InChI=1S/C20H18F6N8O2/c1-10-12(5-28-14-7-27-13(6-29-14)20(24,25)26)34(8-19(22,23)36-10)18(35)15-16(33(2)9-32-15)17-30-3-11(21)4-31-17/h3-4,6-7,9-10,12H,5,8H2,1-2H3,(H,28,29)/t10-,12+/m0/s1. The maximum atomic E-state index is 14.3. The summed E-state index contributed by atoms with van der Waals surface area (Å²) in [6, 6.07) is -1.01. The third kappa shape index (κ3) is 5.22. The number of alkyl halides is 5. The minimum Gasteiger partial charge on any atom is -0.367 e. The number of ether oxygens (including phenoxy) is 1. The predicted octanol–water partition coefficient (Wildman–Crippen LogP) is 2.76. The van der Waals surface area contributed by atoms with Crippen molar-refractivity contribution in [1.82, 2.24) is 34.4 Å². The van der Waals surface area contributed by atoms with Gasteiger partial charge in [0.2, 0.25) is 0 Å². The Morgan fingerprint density at radius 3 is 2.44 bits per heavy atom. The highest BCUT2D eigenvalue weighted by Gasteiger charge is 2.48. The number of amides is 1. The number of nitrogens with one attached hydrogen (secondary N) is 1. The van der Waals surface area contributed by atoms with Gasteiger partial charge in [-0.25, -0.2) is 29.3 Å². The number of rotatable bonds is 5. The van der Waals surface area contributed by atoms with Gasteiger partial charge in [-0.05, 0) is 6.92 Å². The van der Waals surface area contributed by atoms with Crippen molar-refractivity contribution in [2.75, 3.05) is 18.4 Å². The molecule has 10 nitrogen and oxygen atoms in total. The summed E-state index contributed by atoms with van der Waals surface area (Å²) in [6.07, 6.45) is -5.19. The van der Waals surface area contributed by atoms with Crippen LogP contribution in [-0.2, 0) is 18.0 Å². The highest BCUT2D eigenvalue weighted by atomic mass is 19.4.